The Balaban J connectivity index is 0.000000295. The average Bonchev–Trinajstić information content (AvgIpc) is 2.64. The Kier molecular flexibility index (Phi) is 9.51. The standard InChI is InChI=1S/C16H20.C9H19NO2/c1-11(2)13-5-7-16-10-14(12(3)4)6-8-15(16)9-13;1-6(2)8(7(3)4)10-9(11)12-5/h5-12H,1-4H3;6-8H,1-5H3,(H,10,11). The van der Waals surface area contributed by atoms with Gasteiger partial charge in [0.05, 0.1) is 7.11 Å². The predicted molar refractivity (Wildman–Crippen MR) is 121 cm³/mol. The zero-order valence-electron chi connectivity index (χ0n) is 19.2. The molecule has 0 saturated carbocycles. The Labute approximate surface area is 171 Å². The molecule has 1 amide bonds. The molecule has 0 aromatic heterocycles. The van der Waals surface area contributed by atoms with Gasteiger partial charge in [-0.2, -0.15) is 0 Å². The van der Waals surface area contributed by atoms with Gasteiger partial charge in [0.15, 0.2) is 0 Å². The Bertz CT molecular complexity index is 692. The van der Waals surface area contributed by atoms with Gasteiger partial charge < -0.3 is 10.1 Å². The van der Waals surface area contributed by atoms with E-state index in [-0.39, 0.29) is 12.1 Å². The second-order valence-electron chi connectivity index (χ2n) is 8.83. The summed E-state index contributed by atoms with van der Waals surface area (Å²) in [7, 11) is 1.38. The molecule has 156 valence electrons. The number of amides is 1. The minimum absolute atomic E-state index is 0.192. The molecule has 0 fully saturated rings. The number of methoxy groups -OCH3 is 1. The van der Waals surface area contributed by atoms with Crippen molar-refractivity contribution in [3.8, 4) is 0 Å². The molecule has 2 rings (SSSR count). The number of alkyl carbamates (subject to hydrolysis) is 1. The minimum atomic E-state index is -0.345. The van der Waals surface area contributed by atoms with Crippen LogP contribution in [0.5, 0.6) is 0 Å². The fourth-order valence-electron chi connectivity index (χ4n) is 3.30. The second kappa shape index (κ2) is 11.1. The zero-order chi connectivity index (χ0) is 21.4. The van der Waals surface area contributed by atoms with Crippen molar-refractivity contribution in [1.82, 2.24) is 5.32 Å². The predicted octanol–water partition coefficient (Wildman–Crippen LogP) is 7.11. The van der Waals surface area contributed by atoms with E-state index in [0.29, 0.717) is 23.7 Å². The second-order valence-corrected chi connectivity index (χ2v) is 8.83. The van der Waals surface area contributed by atoms with Crippen molar-refractivity contribution in [1.29, 1.82) is 0 Å². The first-order valence-electron chi connectivity index (χ1n) is 10.4. The van der Waals surface area contributed by atoms with E-state index in [9.17, 15) is 4.79 Å². The van der Waals surface area contributed by atoms with E-state index in [1.54, 1.807) is 0 Å². The first kappa shape index (κ1) is 24.0. The Morgan fingerprint density at radius 3 is 1.43 bits per heavy atom. The first-order chi connectivity index (χ1) is 13.1. The molecule has 3 heteroatoms. The molecule has 0 saturated heterocycles. The quantitative estimate of drug-likeness (QED) is 0.595. The van der Waals surface area contributed by atoms with Crippen molar-refractivity contribution in [2.45, 2.75) is 73.3 Å². The first-order valence-corrected chi connectivity index (χ1v) is 10.4. The molecular formula is C25H39NO2. The Hall–Kier alpha value is -2.03. The van der Waals surface area contributed by atoms with Crippen LogP contribution in [0.1, 0.15) is 78.4 Å². The zero-order valence-corrected chi connectivity index (χ0v) is 19.2. The summed E-state index contributed by atoms with van der Waals surface area (Å²) in [6.45, 7) is 17.3. The van der Waals surface area contributed by atoms with Crippen molar-refractivity contribution in [3.05, 3.63) is 47.5 Å². The molecule has 0 atom stereocenters. The summed E-state index contributed by atoms with van der Waals surface area (Å²) in [5.41, 5.74) is 2.84. The summed E-state index contributed by atoms with van der Waals surface area (Å²) in [5.74, 6) is 2.08. The van der Waals surface area contributed by atoms with Crippen LogP contribution in [-0.4, -0.2) is 19.2 Å². The van der Waals surface area contributed by atoms with E-state index in [2.05, 4.69) is 102 Å². The topological polar surface area (TPSA) is 38.3 Å². The van der Waals surface area contributed by atoms with Crippen molar-refractivity contribution in [2.24, 2.45) is 11.8 Å². The van der Waals surface area contributed by atoms with E-state index in [4.69, 9.17) is 0 Å². The summed E-state index contributed by atoms with van der Waals surface area (Å²) < 4.78 is 4.53. The molecule has 28 heavy (non-hydrogen) atoms. The lowest BCUT2D eigenvalue weighted by Crippen LogP contribution is -2.42. The summed E-state index contributed by atoms with van der Waals surface area (Å²) in [6, 6.07) is 13.8. The van der Waals surface area contributed by atoms with Gasteiger partial charge in [-0.3, -0.25) is 0 Å². The lowest BCUT2D eigenvalue weighted by molar-refractivity contribution is 0.157. The fraction of sp³-hybridized carbons (Fsp3) is 0.560. The molecule has 2 aromatic rings. The number of hydrogen-bond donors (Lipinski definition) is 1. The van der Waals surface area contributed by atoms with Crippen molar-refractivity contribution >= 4 is 16.9 Å². The third kappa shape index (κ3) is 7.18. The number of rotatable bonds is 5. The number of nitrogens with one attached hydrogen (secondary N) is 1. The van der Waals surface area contributed by atoms with Crippen LogP contribution >= 0.6 is 0 Å². The van der Waals surface area contributed by atoms with E-state index in [1.807, 2.05) is 0 Å². The smallest absolute Gasteiger partial charge is 0.407 e. The molecular weight excluding hydrogens is 346 g/mol. The van der Waals surface area contributed by atoms with Crippen LogP contribution in [0.3, 0.4) is 0 Å². The van der Waals surface area contributed by atoms with Gasteiger partial charge in [-0.1, -0.05) is 91.8 Å². The van der Waals surface area contributed by atoms with Crippen molar-refractivity contribution in [3.63, 3.8) is 0 Å². The van der Waals surface area contributed by atoms with Crippen molar-refractivity contribution in [2.75, 3.05) is 7.11 Å². The summed E-state index contributed by atoms with van der Waals surface area (Å²) in [4.78, 5) is 10.9. The summed E-state index contributed by atoms with van der Waals surface area (Å²) in [5, 5.41) is 5.52. The highest BCUT2D eigenvalue weighted by molar-refractivity contribution is 5.84. The number of hydrogen-bond acceptors (Lipinski definition) is 2. The summed E-state index contributed by atoms with van der Waals surface area (Å²) >= 11 is 0. The maximum Gasteiger partial charge on any atom is 0.407 e. The molecule has 1 N–H and O–H groups in total. The number of fused-ring (bicyclic) bond motifs is 1. The molecule has 3 nitrogen and oxygen atoms in total. The molecule has 0 aliphatic carbocycles. The SMILES string of the molecule is CC(C)c1ccc2cc(C(C)C)ccc2c1.COC(=O)NC(C(C)C)C(C)C. The lowest BCUT2D eigenvalue weighted by atomic mass is 9.93. The molecule has 0 aliphatic rings. The highest BCUT2D eigenvalue weighted by Gasteiger charge is 2.19. The van der Waals surface area contributed by atoms with E-state index >= 15 is 0 Å². The number of carbonyl (C=O) groups excluding carboxylic acids is 1. The van der Waals surface area contributed by atoms with Gasteiger partial charge in [-0.05, 0) is 45.6 Å². The number of carbonyl (C=O) groups is 1. The van der Waals surface area contributed by atoms with Gasteiger partial charge in [0, 0.05) is 6.04 Å². The van der Waals surface area contributed by atoms with Gasteiger partial charge >= 0.3 is 6.09 Å². The molecule has 0 bridgehead atoms. The van der Waals surface area contributed by atoms with Gasteiger partial charge in [-0.15, -0.1) is 0 Å². The van der Waals surface area contributed by atoms with Crippen LogP contribution in [0.2, 0.25) is 0 Å². The highest BCUT2D eigenvalue weighted by atomic mass is 16.5. The van der Waals surface area contributed by atoms with Crippen LogP contribution in [-0.2, 0) is 4.74 Å². The highest BCUT2D eigenvalue weighted by Crippen LogP contribution is 2.24. The molecule has 0 heterocycles. The van der Waals surface area contributed by atoms with Crippen LogP contribution in [0.4, 0.5) is 4.79 Å². The Morgan fingerprint density at radius 2 is 1.14 bits per heavy atom. The minimum Gasteiger partial charge on any atom is -0.453 e. The normalized spacial score (nSPS) is 11.4. The molecule has 0 spiro atoms. The van der Waals surface area contributed by atoms with Gasteiger partial charge in [0.1, 0.15) is 0 Å². The Morgan fingerprint density at radius 1 is 0.750 bits per heavy atom. The average molecular weight is 386 g/mol. The molecule has 0 unspecified atom stereocenters. The maximum absolute atomic E-state index is 10.9. The number of ether oxygens (including phenoxy) is 1. The van der Waals surface area contributed by atoms with Crippen LogP contribution in [0.15, 0.2) is 36.4 Å². The van der Waals surface area contributed by atoms with Crippen molar-refractivity contribution < 1.29 is 9.53 Å². The monoisotopic (exact) mass is 385 g/mol. The van der Waals surface area contributed by atoms with E-state index < -0.39 is 0 Å². The van der Waals surface area contributed by atoms with Gasteiger partial charge in [-0.25, -0.2) is 4.79 Å². The van der Waals surface area contributed by atoms with Crippen LogP contribution in [0.25, 0.3) is 10.8 Å². The van der Waals surface area contributed by atoms with Crippen LogP contribution in [0, 0.1) is 11.8 Å². The fourth-order valence-corrected chi connectivity index (χ4v) is 3.30. The largest absolute Gasteiger partial charge is 0.453 e. The van der Waals surface area contributed by atoms with Gasteiger partial charge in [0.25, 0.3) is 0 Å². The van der Waals surface area contributed by atoms with Gasteiger partial charge in [0.2, 0.25) is 0 Å². The molecule has 2 aromatic carbocycles. The third-order valence-corrected chi connectivity index (χ3v) is 5.13. The summed E-state index contributed by atoms with van der Waals surface area (Å²) in [6.07, 6.45) is -0.345. The maximum atomic E-state index is 10.9. The molecule has 0 radical (unpaired) electrons. The molecule has 0 aliphatic heterocycles. The third-order valence-electron chi connectivity index (χ3n) is 5.13. The van der Waals surface area contributed by atoms with E-state index in [1.165, 1.54) is 29.0 Å². The van der Waals surface area contributed by atoms with E-state index in [0.717, 1.165) is 0 Å². The van der Waals surface area contributed by atoms with Crippen LogP contribution < -0.4 is 5.32 Å². The number of benzene rings is 2. The lowest BCUT2D eigenvalue weighted by Gasteiger charge is -2.25.